The summed E-state index contributed by atoms with van der Waals surface area (Å²) in [6, 6.07) is 10.7. The fraction of sp³-hybridized carbons (Fsp3) is 0.385. The van der Waals surface area contributed by atoms with E-state index in [4.69, 9.17) is 9.97 Å². The molecule has 3 aromatic heterocycles. The quantitative estimate of drug-likeness (QED) is 0.440. The minimum atomic E-state index is -0.995. The Kier molecular flexibility index (Phi) is 5.95. The Morgan fingerprint density at radius 3 is 2.63 bits per heavy atom. The minimum absolute atomic E-state index is 0.0924. The maximum atomic E-state index is 11.5. The number of aryl methyl sites for hydroxylation is 1. The van der Waals surface area contributed by atoms with Crippen LogP contribution in [0.4, 0.5) is 5.82 Å². The molecule has 9 heteroatoms. The summed E-state index contributed by atoms with van der Waals surface area (Å²) in [6.45, 7) is 5.87. The van der Waals surface area contributed by atoms with E-state index >= 15 is 0 Å². The normalized spacial score (nSPS) is 16.5. The fourth-order valence-corrected chi connectivity index (χ4v) is 6.19. The monoisotopic (exact) mass is 488 g/mol. The van der Waals surface area contributed by atoms with Gasteiger partial charge in [0.25, 0.3) is 0 Å². The second kappa shape index (κ2) is 9.39. The fourth-order valence-electron chi connectivity index (χ4n) is 5.33. The summed E-state index contributed by atoms with van der Waals surface area (Å²) in [5, 5.41) is 11.7. The summed E-state index contributed by atoms with van der Waals surface area (Å²) in [5.74, 6) is -0.00699. The number of aromatic carboxylic acids is 1. The molecule has 1 N–H and O–H groups in total. The molecule has 0 unspecified atom stereocenters. The first-order valence-electron chi connectivity index (χ1n) is 12.3. The number of rotatable bonds is 6. The Morgan fingerprint density at radius 1 is 1.03 bits per heavy atom. The van der Waals surface area contributed by atoms with Crippen molar-refractivity contribution in [2.24, 2.45) is 0 Å². The van der Waals surface area contributed by atoms with Gasteiger partial charge in [-0.25, -0.2) is 19.7 Å². The van der Waals surface area contributed by atoms with Gasteiger partial charge in [-0.05, 0) is 31.2 Å². The topological polar surface area (TPSA) is 87.4 Å². The zero-order valence-electron chi connectivity index (χ0n) is 19.6. The van der Waals surface area contributed by atoms with Crippen molar-refractivity contribution in [3.63, 3.8) is 0 Å². The molecule has 0 spiro atoms. The Labute approximate surface area is 207 Å². The molecule has 0 bridgehead atoms. The highest BCUT2D eigenvalue weighted by molar-refractivity contribution is 7.13. The summed E-state index contributed by atoms with van der Waals surface area (Å²) in [6.07, 6.45) is 5.90. The number of carboxylic acids is 1. The van der Waals surface area contributed by atoms with Gasteiger partial charge >= 0.3 is 5.97 Å². The van der Waals surface area contributed by atoms with E-state index in [0.29, 0.717) is 0 Å². The molecule has 1 saturated heterocycles. The molecule has 2 aliphatic heterocycles. The Bertz CT molecular complexity index is 1360. The lowest BCUT2D eigenvalue weighted by molar-refractivity contribution is 0.0691. The van der Waals surface area contributed by atoms with E-state index in [1.165, 1.54) is 22.6 Å². The van der Waals surface area contributed by atoms with Gasteiger partial charge in [0.05, 0.1) is 5.56 Å². The molecule has 1 fully saturated rings. The van der Waals surface area contributed by atoms with Crippen LogP contribution in [0.3, 0.4) is 0 Å². The average Bonchev–Trinajstić information content (AvgIpc) is 3.51. The third-order valence-electron chi connectivity index (χ3n) is 7.14. The van der Waals surface area contributed by atoms with Gasteiger partial charge in [-0.15, -0.1) is 11.3 Å². The van der Waals surface area contributed by atoms with E-state index in [-0.39, 0.29) is 5.69 Å². The van der Waals surface area contributed by atoms with Crippen molar-refractivity contribution in [2.45, 2.75) is 32.2 Å². The zero-order chi connectivity index (χ0) is 23.8. The molecule has 35 heavy (non-hydrogen) atoms. The van der Waals surface area contributed by atoms with Crippen molar-refractivity contribution in [3.05, 3.63) is 59.0 Å². The van der Waals surface area contributed by atoms with E-state index < -0.39 is 5.97 Å². The predicted octanol–water partition coefficient (Wildman–Crippen LogP) is 3.95. The molecule has 0 aliphatic carbocycles. The van der Waals surface area contributed by atoms with Crippen molar-refractivity contribution in [2.75, 3.05) is 37.6 Å². The first-order chi connectivity index (χ1) is 17.2. The van der Waals surface area contributed by atoms with Crippen LogP contribution in [-0.2, 0) is 19.4 Å². The molecule has 6 rings (SSSR count). The number of carbonyl (C=O) groups is 1. The van der Waals surface area contributed by atoms with Crippen LogP contribution >= 0.6 is 11.3 Å². The van der Waals surface area contributed by atoms with Crippen molar-refractivity contribution < 1.29 is 9.90 Å². The van der Waals surface area contributed by atoms with E-state index in [1.807, 2.05) is 0 Å². The molecule has 0 saturated carbocycles. The van der Waals surface area contributed by atoms with Gasteiger partial charge in [0, 0.05) is 50.3 Å². The number of piperazine rings is 1. The molecule has 2 aliphatic rings. The highest BCUT2D eigenvalue weighted by Crippen LogP contribution is 2.41. The number of benzene rings is 1. The van der Waals surface area contributed by atoms with Crippen LogP contribution in [-0.4, -0.2) is 68.2 Å². The van der Waals surface area contributed by atoms with Crippen molar-refractivity contribution in [1.82, 2.24) is 24.4 Å². The van der Waals surface area contributed by atoms with Crippen LogP contribution in [0, 0.1) is 0 Å². The van der Waals surface area contributed by atoms with Crippen LogP contribution in [0.15, 0.2) is 42.0 Å². The Hall–Kier alpha value is -3.30. The van der Waals surface area contributed by atoms with Gasteiger partial charge < -0.3 is 14.6 Å². The van der Waals surface area contributed by atoms with Gasteiger partial charge in [0.1, 0.15) is 22.4 Å². The second-order valence-electron chi connectivity index (χ2n) is 9.23. The van der Waals surface area contributed by atoms with Gasteiger partial charge in [-0.1, -0.05) is 30.3 Å². The number of fused-ring (bicyclic) bond motifs is 3. The number of nitrogens with zero attached hydrogens (tertiary/aromatic N) is 6. The summed E-state index contributed by atoms with van der Waals surface area (Å²) < 4.78 is 2.37. The molecule has 0 amide bonds. The predicted molar refractivity (Wildman–Crippen MR) is 137 cm³/mol. The van der Waals surface area contributed by atoms with E-state index in [1.54, 1.807) is 11.7 Å². The van der Waals surface area contributed by atoms with Crippen molar-refractivity contribution in [1.29, 1.82) is 0 Å². The molecule has 1 aromatic carbocycles. The summed E-state index contributed by atoms with van der Waals surface area (Å²) in [7, 11) is 0. The van der Waals surface area contributed by atoms with Crippen LogP contribution < -0.4 is 4.90 Å². The molecule has 0 radical (unpaired) electrons. The smallest absolute Gasteiger partial charge is 0.355 e. The Balaban J connectivity index is 1.29. The largest absolute Gasteiger partial charge is 0.476 e. The molecule has 180 valence electrons. The number of carboxylic acid groups (broad SMARTS) is 1. The molecule has 8 nitrogen and oxygen atoms in total. The lowest BCUT2D eigenvalue weighted by Crippen LogP contribution is -2.47. The van der Waals surface area contributed by atoms with Gasteiger partial charge in [0.2, 0.25) is 0 Å². The van der Waals surface area contributed by atoms with Gasteiger partial charge in [-0.2, -0.15) is 0 Å². The highest BCUT2D eigenvalue weighted by atomic mass is 32.1. The van der Waals surface area contributed by atoms with Crippen LogP contribution in [0.5, 0.6) is 0 Å². The molecular formula is C26H28N6O2S. The summed E-state index contributed by atoms with van der Waals surface area (Å²) in [5.41, 5.74) is 5.64. The Morgan fingerprint density at radius 2 is 1.86 bits per heavy atom. The van der Waals surface area contributed by atoms with Crippen LogP contribution in [0.2, 0.25) is 0 Å². The first kappa shape index (κ1) is 22.2. The van der Waals surface area contributed by atoms with E-state index in [0.717, 1.165) is 92.4 Å². The molecule has 5 heterocycles. The third-order valence-corrected chi connectivity index (χ3v) is 8.00. The standard InChI is InChI=1S/C26H28N6O2S/c33-26(34)19-16-35-25(29-19)21-20-8-4-5-10-32(20)23-22(21)27-17-28-24(23)31-14-12-30(13-15-31)11-9-18-6-2-1-3-7-18/h1-3,6-7,16-17H,4-5,8-15H2,(H,33,34). The number of anilines is 1. The molecular weight excluding hydrogens is 460 g/mol. The molecule has 4 aromatic rings. The SMILES string of the molecule is O=C(O)c1csc(-c2c3n(c4c(N5CCN(CCc6ccccc6)CC5)ncnc24)CCCC3)n1. The minimum Gasteiger partial charge on any atom is -0.476 e. The van der Waals surface area contributed by atoms with Gasteiger partial charge in [-0.3, -0.25) is 4.90 Å². The second-order valence-corrected chi connectivity index (χ2v) is 10.1. The van der Waals surface area contributed by atoms with E-state index in [2.05, 4.69) is 49.7 Å². The van der Waals surface area contributed by atoms with Crippen LogP contribution in [0.25, 0.3) is 21.6 Å². The van der Waals surface area contributed by atoms with Crippen molar-refractivity contribution in [3.8, 4) is 10.6 Å². The number of hydrogen-bond acceptors (Lipinski definition) is 7. The van der Waals surface area contributed by atoms with Gasteiger partial charge in [0.15, 0.2) is 11.5 Å². The van der Waals surface area contributed by atoms with Crippen LogP contribution in [0.1, 0.15) is 34.6 Å². The lowest BCUT2D eigenvalue weighted by Gasteiger charge is -2.35. The first-order valence-corrected chi connectivity index (χ1v) is 13.1. The van der Waals surface area contributed by atoms with Crippen molar-refractivity contribution >= 4 is 34.2 Å². The maximum absolute atomic E-state index is 11.5. The highest BCUT2D eigenvalue weighted by Gasteiger charge is 2.29. The zero-order valence-corrected chi connectivity index (χ0v) is 20.4. The summed E-state index contributed by atoms with van der Waals surface area (Å²) in [4.78, 5) is 30.3. The number of thiazole rings is 1. The average molecular weight is 489 g/mol. The summed E-state index contributed by atoms with van der Waals surface area (Å²) >= 11 is 1.38. The third kappa shape index (κ3) is 4.19. The lowest BCUT2D eigenvalue weighted by atomic mass is 10.1. The van der Waals surface area contributed by atoms with E-state index in [9.17, 15) is 9.90 Å². The number of aromatic nitrogens is 4. The number of hydrogen-bond donors (Lipinski definition) is 1. The maximum Gasteiger partial charge on any atom is 0.355 e. The molecule has 0 atom stereocenters.